The van der Waals surface area contributed by atoms with Gasteiger partial charge in [0.2, 0.25) is 0 Å². The van der Waals surface area contributed by atoms with Crippen molar-refractivity contribution in [2.24, 2.45) is 0 Å². The van der Waals surface area contributed by atoms with Crippen LogP contribution in [0.15, 0.2) is 76.9 Å². The first kappa shape index (κ1) is 15.3. The molecule has 0 saturated carbocycles. The lowest BCUT2D eigenvalue weighted by Crippen LogP contribution is -2.14. The minimum absolute atomic E-state index is 0.0605. The number of pyridine rings is 1. The van der Waals surface area contributed by atoms with Crippen LogP contribution in [-0.4, -0.2) is 10.9 Å². The quantitative estimate of drug-likeness (QED) is 0.585. The van der Waals surface area contributed by atoms with Crippen molar-refractivity contribution in [1.82, 2.24) is 4.98 Å². The molecule has 116 valence electrons. The van der Waals surface area contributed by atoms with Gasteiger partial charge >= 0.3 is 0 Å². The van der Waals surface area contributed by atoms with Crippen molar-refractivity contribution in [2.45, 2.75) is 0 Å². The SMILES string of the molecule is N#CC(=Cc1ccc(-c2ccccc2)o1)C(=O)Nc1ccccn1. The fraction of sp³-hybridized carbons (Fsp3) is 0. The minimum atomic E-state index is -0.533. The van der Waals surface area contributed by atoms with Crippen LogP contribution in [0.5, 0.6) is 0 Å². The van der Waals surface area contributed by atoms with E-state index in [4.69, 9.17) is 4.42 Å². The minimum Gasteiger partial charge on any atom is -0.457 e. The van der Waals surface area contributed by atoms with Gasteiger partial charge in [-0.2, -0.15) is 5.26 Å². The fourth-order valence-electron chi connectivity index (χ4n) is 2.10. The number of hydrogen-bond acceptors (Lipinski definition) is 4. The molecular weight excluding hydrogens is 302 g/mol. The van der Waals surface area contributed by atoms with Gasteiger partial charge < -0.3 is 9.73 Å². The number of benzene rings is 1. The number of nitrogens with zero attached hydrogens (tertiary/aromatic N) is 2. The Morgan fingerprint density at radius 3 is 2.58 bits per heavy atom. The van der Waals surface area contributed by atoms with Gasteiger partial charge in [-0.05, 0) is 24.3 Å². The fourth-order valence-corrected chi connectivity index (χ4v) is 2.10. The zero-order valence-electron chi connectivity index (χ0n) is 12.6. The molecule has 0 atom stereocenters. The number of nitriles is 1. The van der Waals surface area contributed by atoms with Crippen LogP contribution in [0.2, 0.25) is 0 Å². The molecule has 0 radical (unpaired) electrons. The number of nitrogens with one attached hydrogen (secondary N) is 1. The summed E-state index contributed by atoms with van der Waals surface area (Å²) in [6.07, 6.45) is 2.97. The number of rotatable bonds is 4. The first-order valence-electron chi connectivity index (χ1n) is 7.26. The molecule has 0 spiro atoms. The summed E-state index contributed by atoms with van der Waals surface area (Å²) < 4.78 is 5.68. The maximum atomic E-state index is 12.1. The Labute approximate surface area is 138 Å². The number of amides is 1. The van der Waals surface area contributed by atoms with Crippen molar-refractivity contribution in [3.05, 3.63) is 78.2 Å². The van der Waals surface area contributed by atoms with Gasteiger partial charge in [-0.25, -0.2) is 4.98 Å². The second-order valence-corrected chi connectivity index (χ2v) is 4.91. The summed E-state index contributed by atoms with van der Waals surface area (Å²) in [6.45, 7) is 0. The molecule has 1 N–H and O–H groups in total. The molecule has 24 heavy (non-hydrogen) atoms. The summed E-state index contributed by atoms with van der Waals surface area (Å²) in [5.74, 6) is 0.952. The summed E-state index contributed by atoms with van der Waals surface area (Å²) >= 11 is 0. The van der Waals surface area contributed by atoms with Crippen molar-refractivity contribution in [3.63, 3.8) is 0 Å². The summed E-state index contributed by atoms with van der Waals surface area (Å²) in [5, 5.41) is 11.8. The van der Waals surface area contributed by atoms with E-state index in [0.717, 1.165) is 5.56 Å². The van der Waals surface area contributed by atoms with Gasteiger partial charge in [-0.1, -0.05) is 36.4 Å². The normalized spacial score (nSPS) is 10.9. The molecular formula is C19H13N3O2. The molecule has 0 aliphatic rings. The number of carbonyl (C=O) groups excluding carboxylic acids is 1. The van der Waals surface area contributed by atoms with Gasteiger partial charge in [-0.15, -0.1) is 0 Å². The predicted molar refractivity (Wildman–Crippen MR) is 90.6 cm³/mol. The molecule has 0 saturated heterocycles. The second kappa shape index (κ2) is 7.07. The third-order valence-electron chi connectivity index (χ3n) is 3.24. The van der Waals surface area contributed by atoms with Crippen molar-refractivity contribution in [3.8, 4) is 17.4 Å². The highest BCUT2D eigenvalue weighted by atomic mass is 16.3. The standard InChI is InChI=1S/C19H13N3O2/c20-13-15(19(23)22-18-8-4-5-11-21-18)12-16-9-10-17(24-16)14-6-2-1-3-7-14/h1-12H,(H,21,22,23). The van der Waals surface area contributed by atoms with Crippen LogP contribution in [0.3, 0.4) is 0 Å². The zero-order chi connectivity index (χ0) is 16.8. The highest BCUT2D eigenvalue weighted by Crippen LogP contribution is 2.23. The summed E-state index contributed by atoms with van der Waals surface area (Å²) in [7, 11) is 0. The molecule has 0 bridgehead atoms. The molecule has 1 aromatic carbocycles. The Balaban J connectivity index is 1.80. The van der Waals surface area contributed by atoms with E-state index >= 15 is 0 Å². The van der Waals surface area contributed by atoms with E-state index in [1.165, 1.54) is 6.08 Å². The molecule has 0 fully saturated rings. The highest BCUT2D eigenvalue weighted by Gasteiger charge is 2.11. The number of anilines is 1. The molecule has 0 aliphatic heterocycles. The van der Waals surface area contributed by atoms with E-state index in [1.807, 2.05) is 36.4 Å². The van der Waals surface area contributed by atoms with E-state index in [-0.39, 0.29) is 5.57 Å². The first-order chi connectivity index (χ1) is 11.8. The van der Waals surface area contributed by atoms with Crippen molar-refractivity contribution in [2.75, 3.05) is 5.32 Å². The van der Waals surface area contributed by atoms with Crippen LogP contribution in [0, 0.1) is 11.3 Å². The van der Waals surface area contributed by atoms with Crippen LogP contribution < -0.4 is 5.32 Å². The number of hydrogen-bond donors (Lipinski definition) is 1. The maximum Gasteiger partial charge on any atom is 0.267 e. The Kier molecular flexibility index (Phi) is 4.50. The highest BCUT2D eigenvalue weighted by molar-refractivity contribution is 6.09. The smallest absolute Gasteiger partial charge is 0.267 e. The largest absolute Gasteiger partial charge is 0.457 e. The first-order valence-corrected chi connectivity index (χ1v) is 7.26. The van der Waals surface area contributed by atoms with Gasteiger partial charge in [0.05, 0.1) is 0 Å². The van der Waals surface area contributed by atoms with Crippen LogP contribution in [-0.2, 0) is 4.79 Å². The van der Waals surface area contributed by atoms with Gasteiger partial charge in [0.1, 0.15) is 29.0 Å². The second-order valence-electron chi connectivity index (χ2n) is 4.91. The molecule has 5 heteroatoms. The van der Waals surface area contributed by atoms with Crippen LogP contribution in [0.4, 0.5) is 5.82 Å². The van der Waals surface area contributed by atoms with E-state index in [2.05, 4.69) is 10.3 Å². The lowest BCUT2D eigenvalue weighted by atomic mass is 10.2. The molecule has 2 heterocycles. The van der Waals surface area contributed by atoms with Crippen molar-refractivity contribution < 1.29 is 9.21 Å². The van der Waals surface area contributed by atoms with Crippen molar-refractivity contribution >= 4 is 17.8 Å². The summed E-state index contributed by atoms with van der Waals surface area (Å²) in [4.78, 5) is 16.1. The Bertz CT molecular complexity index is 907. The third kappa shape index (κ3) is 3.57. The molecule has 3 aromatic rings. The average molecular weight is 315 g/mol. The topological polar surface area (TPSA) is 78.9 Å². The van der Waals surface area contributed by atoms with E-state index in [0.29, 0.717) is 17.3 Å². The van der Waals surface area contributed by atoms with Gasteiger partial charge in [0.25, 0.3) is 5.91 Å². The van der Waals surface area contributed by atoms with Gasteiger partial charge in [0.15, 0.2) is 0 Å². The summed E-state index contributed by atoms with van der Waals surface area (Å²) in [6, 6.07) is 20.1. The molecule has 0 unspecified atom stereocenters. The Hall–Kier alpha value is -3.65. The van der Waals surface area contributed by atoms with E-state index in [1.54, 1.807) is 36.5 Å². The summed E-state index contributed by atoms with van der Waals surface area (Å²) in [5.41, 5.74) is 0.864. The van der Waals surface area contributed by atoms with Gasteiger partial charge in [0, 0.05) is 17.8 Å². The van der Waals surface area contributed by atoms with Crippen LogP contribution in [0.1, 0.15) is 5.76 Å². The Morgan fingerprint density at radius 2 is 1.88 bits per heavy atom. The molecule has 0 aliphatic carbocycles. The zero-order valence-corrected chi connectivity index (χ0v) is 12.6. The van der Waals surface area contributed by atoms with Crippen LogP contribution in [0.25, 0.3) is 17.4 Å². The third-order valence-corrected chi connectivity index (χ3v) is 3.24. The molecule has 3 rings (SSSR count). The lowest BCUT2D eigenvalue weighted by Gasteiger charge is -2.02. The van der Waals surface area contributed by atoms with Crippen LogP contribution >= 0.6 is 0 Å². The van der Waals surface area contributed by atoms with Gasteiger partial charge in [-0.3, -0.25) is 4.79 Å². The lowest BCUT2D eigenvalue weighted by molar-refractivity contribution is -0.112. The predicted octanol–water partition coefficient (Wildman–Crippen LogP) is 3.89. The number of carbonyl (C=O) groups is 1. The van der Waals surface area contributed by atoms with E-state index in [9.17, 15) is 10.1 Å². The maximum absolute atomic E-state index is 12.1. The molecule has 1 amide bonds. The van der Waals surface area contributed by atoms with Crippen molar-refractivity contribution in [1.29, 1.82) is 5.26 Å². The molecule has 2 aromatic heterocycles. The molecule has 5 nitrogen and oxygen atoms in total. The van der Waals surface area contributed by atoms with E-state index < -0.39 is 5.91 Å². The number of furan rings is 1. The average Bonchev–Trinajstić information content (AvgIpc) is 3.10. The number of aromatic nitrogens is 1. The Morgan fingerprint density at radius 1 is 1.08 bits per heavy atom. The monoisotopic (exact) mass is 315 g/mol.